The number of nitrogens with zero attached hydrogens (tertiary/aromatic N) is 2. The number of rotatable bonds is 15. The molecule has 0 unspecified atom stereocenters. The summed E-state index contributed by atoms with van der Waals surface area (Å²) < 4.78 is 5.55. The Morgan fingerprint density at radius 2 is 1.45 bits per heavy atom. The van der Waals surface area contributed by atoms with Crippen LogP contribution in [0.15, 0.2) is 84.1 Å². The highest BCUT2D eigenvalue weighted by molar-refractivity contribution is 7.09. The van der Waals surface area contributed by atoms with Crippen LogP contribution >= 0.6 is 22.7 Å². The minimum absolute atomic E-state index is 0.0159. The molecule has 4 aromatic rings. The summed E-state index contributed by atoms with van der Waals surface area (Å²) >= 11 is 3.05. The Morgan fingerprint density at radius 1 is 0.816 bits per heavy atom. The van der Waals surface area contributed by atoms with E-state index in [1.54, 1.807) is 28.6 Å². The van der Waals surface area contributed by atoms with Gasteiger partial charge in [0.1, 0.15) is 6.61 Å². The summed E-state index contributed by atoms with van der Waals surface area (Å²) in [5, 5.41) is 3.27. The van der Waals surface area contributed by atoms with E-state index >= 15 is 0 Å². The Hall–Kier alpha value is -3.36. The third-order valence-corrected chi connectivity index (χ3v) is 7.97. The Kier molecular flexibility index (Phi) is 11.0. The van der Waals surface area contributed by atoms with Crippen molar-refractivity contribution in [2.45, 2.75) is 57.6 Å². The third-order valence-electron chi connectivity index (χ3n) is 6.38. The van der Waals surface area contributed by atoms with Gasteiger partial charge < -0.3 is 10.1 Å². The number of esters is 1. The molecule has 0 spiro atoms. The van der Waals surface area contributed by atoms with Crippen molar-refractivity contribution in [2.75, 3.05) is 0 Å². The number of carbonyl (C=O) groups excluding carboxylic acids is 2. The van der Waals surface area contributed by atoms with E-state index in [9.17, 15) is 9.59 Å². The van der Waals surface area contributed by atoms with E-state index in [4.69, 9.17) is 4.74 Å². The maximum atomic E-state index is 12.8. The fraction of sp³-hybridized carbons (Fsp3) is 0.333. The van der Waals surface area contributed by atoms with Crippen LogP contribution in [0.5, 0.6) is 0 Å². The van der Waals surface area contributed by atoms with Gasteiger partial charge in [0.15, 0.2) is 0 Å². The van der Waals surface area contributed by atoms with Crippen LogP contribution in [0.25, 0.3) is 0 Å². The predicted octanol–water partition coefficient (Wildman–Crippen LogP) is 6.03. The molecule has 2 atom stereocenters. The minimum atomic E-state index is -0.201. The first-order chi connectivity index (χ1) is 18.6. The predicted molar refractivity (Wildman–Crippen MR) is 152 cm³/mol. The number of hydrogen-bond acceptors (Lipinski definition) is 7. The summed E-state index contributed by atoms with van der Waals surface area (Å²) in [6, 6.07) is 20.5. The SMILES string of the molecule is O=C(CCc1cncs1)N[C@H](CC[C@@H](CC(=O)OCc1cncs1)Cc1ccccc1)Cc1ccccc1. The second kappa shape index (κ2) is 15.1. The molecule has 8 heteroatoms. The highest BCUT2D eigenvalue weighted by atomic mass is 32.1. The quantitative estimate of drug-likeness (QED) is 0.184. The average molecular weight is 548 g/mol. The normalized spacial score (nSPS) is 12.5. The third kappa shape index (κ3) is 9.84. The fourth-order valence-corrected chi connectivity index (χ4v) is 5.55. The lowest BCUT2D eigenvalue weighted by atomic mass is 9.89. The van der Waals surface area contributed by atoms with Crippen molar-refractivity contribution in [3.8, 4) is 0 Å². The Morgan fingerprint density at radius 3 is 2.08 bits per heavy atom. The maximum Gasteiger partial charge on any atom is 0.306 e. The largest absolute Gasteiger partial charge is 0.460 e. The lowest BCUT2D eigenvalue weighted by Gasteiger charge is -2.23. The Balaban J connectivity index is 1.38. The zero-order valence-electron chi connectivity index (χ0n) is 21.3. The molecule has 1 amide bonds. The Labute approximate surface area is 232 Å². The molecule has 0 fully saturated rings. The van der Waals surface area contributed by atoms with Gasteiger partial charge >= 0.3 is 5.97 Å². The highest BCUT2D eigenvalue weighted by Crippen LogP contribution is 2.22. The number of hydrogen-bond donors (Lipinski definition) is 1. The summed E-state index contributed by atoms with van der Waals surface area (Å²) in [6.07, 6.45) is 8.13. The van der Waals surface area contributed by atoms with Gasteiger partial charge in [0.05, 0.1) is 15.9 Å². The molecule has 2 aromatic heterocycles. The molecule has 38 heavy (non-hydrogen) atoms. The van der Waals surface area contributed by atoms with Gasteiger partial charge in [-0.25, -0.2) is 0 Å². The number of carbonyl (C=O) groups is 2. The van der Waals surface area contributed by atoms with Crippen molar-refractivity contribution < 1.29 is 14.3 Å². The van der Waals surface area contributed by atoms with Gasteiger partial charge in [-0.1, -0.05) is 60.7 Å². The standard InChI is InChI=1S/C30H33N3O3S2/c34-29(14-13-27-18-31-21-37-27)33-26(16-24-9-5-2-6-10-24)12-11-25(15-23-7-3-1-4-8-23)17-30(35)36-20-28-19-32-22-38-28/h1-10,18-19,21-22,25-26H,11-17,20H2,(H,33,34)/t25-,26-/m1/s1. The van der Waals surface area contributed by atoms with Gasteiger partial charge in [-0.05, 0) is 49.1 Å². The van der Waals surface area contributed by atoms with E-state index in [1.807, 2.05) is 42.6 Å². The monoisotopic (exact) mass is 547 g/mol. The van der Waals surface area contributed by atoms with Crippen LogP contribution in [0.2, 0.25) is 0 Å². The first-order valence-corrected chi connectivity index (χ1v) is 14.7. The summed E-state index contributed by atoms with van der Waals surface area (Å²) in [5.74, 6) is -0.0471. The van der Waals surface area contributed by atoms with E-state index in [0.717, 1.165) is 35.4 Å². The van der Waals surface area contributed by atoms with Crippen molar-refractivity contribution in [1.29, 1.82) is 0 Å². The lowest BCUT2D eigenvalue weighted by molar-refractivity contribution is -0.146. The van der Waals surface area contributed by atoms with Crippen LogP contribution in [0, 0.1) is 5.92 Å². The molecule has 0 radical (unpaired) electrons. The topological polar surface area (TPSA) is 81.2 Å². The van der Waals surface area contributed by atoms with E-state index in [-0.39, 0.29) is 30.4 Å². The van der Waals surface area contributed by atoms with E-state index in [0.29, 0.717) is 19.3 Å². The molecule has 198 valence electrons. The zero-order chi connectivity index (χ0) is 26.4. The first-order valence-electron chi connectivity index (χ1n) is 12.9. The minimum Gasteiger partial charge on any atom is -0.460 e. The molecule has 1 N–H and O–H groups in total. The summed E-state index contributed by atoms with van der Waals surface area (Å²) in [6.45, 7) is 0.258. The van der Waals surface area contributed by atoms with E-state index < -0.39 is 0 Å². The summed E-state index contributed by atoms with van der Waals surface area (Å²) in [5.41, 5.74) is 5.91. The van der Waals surface area contributed by atoms with Crippen LogP contribution in [-0.4, -0.2) is 27.9 Å². The van der Waals surface area contributed by atoms with Crippen LogP contribution in [0.1, 0.15) is 46.6 Å². The maximum absolute atomic E-state index is 12.8. The molecular formula is C30H33N3O3S2. The molecule has 2 heterocycles. The number of amides is 1. The van der Waals surface area contributed by atoms with Crippen molar-refractivity contribution in [3.63, 3.8) is 0 Å². The second-order valence-electron chi connectivity index (χ2n) is 9.39. The van der Waals surface area contributed by atoms with Crippen molar-refractivity contribution in [3.05, 3.63) is 105 Å². The van der Waals surface area contributed by atoms with E-state index in [1.165, 1.54) is 22.5 Å². The second-order valence-corrected chi connectivity index (χ2v) is 11.3. The molecule has 0 saturated heterocycles. The smallest absolute Gasteiger partial charge is 0.306 e. The van der Waals surface area contributed by atoms with Crippen LogP contribution in [-0.2, 0) is 40.2 Å². The van der Waals surface area contributed by atoms with E-state index in [2.05, 4.69) is 39.6 Å². The number of aromatic nitrogens is 2. The zero-order valence-corrected chi connectivity index (χ0v) is 23.0. The number of ether oxygens (including phenoxy) is 1. The van der Waals surface area contributed by atoms with Crippen LogP contribution < -0.4 is 5.32 Å². The summed E-state index contributed by atoms with van der Waals surface area (Å²) in [7, 11) is 0. The first kappa shape index (κ1) is 27.7. The molecular weight excluding hydrogens is 514 g/mol. The van der Waals surface area contributed by atoms with Crippen molar-refractivity contribution in [1.82, 2.24) is 15.3 Å². The molecule has 2 aromatic carbocycles. The van der Waals surface area contributed by atoms with Crippen LogP contribution in [0.3, 0.4) is 0 Å². The number of aryl methyl sites for hydroxylation is 1. The highest BCUT2D eigenvalue weighted by Gasteiger charge is 2.20. The average Bonchev–Trinajstić information content (AvgIpc) is 3.65. The molecule has 0 bridgehead atoms. The molecule has 6 nitrogen and oxygen atoms in total. The molecule has 0 aliphatic rings. The van der Waals surface area contributed by atoms with Gasteiger partial charge in [-0.15, -0.1) is 22.7 Å². The fourth-order valence-electron chi connectivity index (χ4n) is 4.45. The summed E-state index contributed by atoms with van der Waals surface area (Å²) in [4.78, 5) is 35.8. The molecule has 0 aliphatic carbocycles. The van der Waals surface area contributed by atoms with Gasteiger partial charge in [0.2, 0.25) is 5.91 Å². The number of nitrogens with one attached hydrogen (secondary N) is 1. The number of benzene rings is 2. The van der Waals surface area contributed by atoms with Gasteiger partial charge in [-0.2, -0.15) is 0 Å². The van der Waals surface area contributed by atoms with Gasteiger partial charge in [-0.3, -0.25) is 19.6 Å². The van der Waals surface area contributed by atoms with Gasteiger partial charge in [0.25, 0.3) is 0 Å². The molecule has 4 rings (SSSR count). The van der Waals surface area contributed by atoms with Crippen molar-refractivity contribution in [2.24, 2.45) is 5.92 Å². The lowest BCUT2D eigenvalue weighted by Crippen LogP contribution is -2.37. The Bertz CT molecular complexity index is 1120. The van der Waals surface area contributed by atoms with Gasteiger partial charge in [0, 0.05) is 36.2 Å². The molecule has 0 aliphatic heterocycles. The van der Waals surface area contributed by atoms with Crippen LogP contribution in [0.4, 0.5) is 0 Å². The molecule has 0 saturated carbocycles. The number of thiazole rings is 2. The van der Waals surface area contributed by atoms with Crippen molar-refractivity contribution >= 4 is 34.6 Å².